The molecule has 10 atom stereocenters. The van der Waals surface area contributed by atoms with E-state index >= 15 is 0 Å². The van der Waals surface area contributed by atoms with Gasteiger partial charge in [-0.15, -0.1) is 0 Å². The summed E-state index contributed by atoms with van der Waals surface area (Å²) in [4.78, 5) is 57.1. The highest BCUT2D eigenvalue weighted by molar-refractivity contribution is 9.10. The number of aliphatic imine (C=N–C) groups is 2. The summed E-state index contributed by atoms with van der Waals surface area (Å²) in [5.41, 5.74) is 0.0964. The molecule has 6 aliphatic rings. The summed E-state index contributed by atoms with van der Waals surface area (Å²) in [5.74, 6) is 1.09. The van der Waals surface area contributed by atoms with Crippen molar-refractivity contribution in [2.75, 3.05) is 13.1 Å². The van der Waals surface area contributed by atoms with E-state index in [1.54, 1.807) is 12.4 Å². The maximum atomic E-state index is 14.8. The average molecular weight is 1050 g/mol. The van der Waals surface area contributed by atoms with Gasteiger partial charge in [0.25, 0.3) is 11.8 Å². The number of amidine groups is 2. The molecular formula is C54H68BBrF2N8O6. The lowest BCUT2D eigenvalue weighted by Gasteiger charge is -2.49. The molecule has 2 aromatic heterocycles. The lowest BCUT2D eigenvalue weighted by atomic mass is 9.56. The van der Waals surface area contributed by atoms with Crippen molar-refractivity contribution in [1.82, 2.24) is 29.7 Å². The van der Waals surface area contributed by atoms with E-state index < -0.39 is 46.5 Å². The minimum atomic E-state index is -1.54. The third kappa shape index (κ3) is 9.36. The fourth-order valence-corrected chi connectivity index (χ4v) is 13.8. The number of rotatable bonds is 6. The van der Waals surface area contributed by atoms with Crippen molar-refractivity contribution in [3.8, 4) is 11.1 Å². The Hall–Kier alpha value is -4.88. The molecule has 4 unspecified atom stereocenters. The molecule has 4 spiro atoms. The molecule has 0 radical (unpaired) electrons. The standard InChI is InChI=1S/C27H33FN4O2.C23H30BrFN2O2.C4H5BN2O2/c1-16-9-26(10-17(2)23(16)33)11-20-7-6-19(21-12-29-15-30-13-21)8-22(20)27(26)24(34)32(18(3)31-27)14-25(4,5)28;1-13-9-22(10-14(2)19(13)28)11-16-6-7-17(24)8-18(16)23(22)20(29)27(15(3)26-23)12-21(4,5)25;8-5(9)4-1-6-3-7-2-4/h6-8,12-13,15-17,23,33H,9-11,14H2,1-5H3;6-8,13-14,19,28H,9-12H2,1-5H3;1-3,8-9H/t16-,17+,23?,26?,27-;13-,14+,19?,22?,23-;/m11./s1. The zero-order valence-corrected chi connectivity index (χ0v) is 44.5. The smallest absolute Gasteiger partial charge is 0.423 e. The molecular weight excluding hydrogens is 985 g/mol. The Labute approximate surface area is 430 Å². The van der Waals surface area contributed by atoms with Crippen LogP contribution in [0, 0.1) is 34.5 Å². The summed E-state index contributed by atoms with van der Waals surface area (Å²) in [7, 11) is -1.47. The second kappa shape index (κ2) is 19.4. The minimum absolute atomic E-state index is 0.00390. The van der Waals surface area contributed by atoms with Crippen molar-refractivity contribution >= 4 is 52.0 Å². The Kier molecular flexibility index (Phi) is 14.4. The van der Waals surface area contributed by atoms with Crippen LogP contribution >= 0.6 is 15.9 Å². The van der Waals surface area contributed by atoms with E-state index in [2.05, 4.69) is 81.8 Å². The van der Waals surface area contributed by atoms with Crippen LogP contribution in [0.5, 0.6) is 0 Å². The van der Waals surface area contributed by atoms with Crippen LogP contribution in [0.3, 0.4) is 0 Å². The number of alkyl halides is 2. The topological polar surface area (TPSA) is 198 Å². The van der Waals surface area contributed by atoms with Gasteiger partial charge in [-0.25, -0.2) is 28.7 Å². The third-order valence-corrected chi connectivity index (χ3v) is 16.6. The Morgan fingerprint density at radius 3 is 1.42 bits per heavy atom. The quantitative estimate of drug-likeness (QED) is 0.145. The molecule has 2 fully saturated rings. The highest BCUT2D eigenvalue weighted by Gasteiger charge is 2.69. The molecule has 2 aromatic carbocycles. The van der Waals surface area contributed by atoms with E-state index in [4.69, 9.17) is 20.0 Å². The number of aliphatic hydroxyl groups excluding tert-OH is 2. The Bertz CT molecular complexity index is 2730. The van der Waals surface area contributed by atoms with Gasteiger partial charge in [-0.2, -0.15) is 0 Å². The van der Waals surface area contributed by atoms with Gasteiger partial charge < -0.3 is 20.3 Å². The summed E-state index contributed by atoms with van der Waals surface area (Å²) < 4.78 is 30.2. The number of carbonyl (C=O) groups is 2. The number of carbonyl (C=O) groups excluding carboxylic acids is 2. The Balaban J connectivity index is 0.000000166. The van der Waals surface area contributed by atoms with Gasteiger partial charge in [0.2, 0.25) is 0 Å². The van der Waals surface area contributed by atoms with Crippen molar-refractivity contribution in [3.63, 3.8) is 0 Å². The van der Waals surface area contributed by atoms with Gasteiger partial charge in [-0.3, -0.25) is 29.4 Å². The van der Waals surface area contributed by atoms with E-state index in [1.807, 2.05) is 32.0 Å². The highest BCUT2D eigenvalue weighted by atomic mass is 79.9. The van der Waals surface area contributed by atoms with Gasteiger partial charge in [0.1, 0.15) is 35.7 Å². The molecule has 4 N–H and O–H groups in total. The molecule has 18 heteroatoms. The number of aromatic nitrogens is 4. The van der Waals surface area contributed by atoms with Crippen LogP contribution in [0.1, 0.15) is 117 Å². The Morgan fingerprint density at radius 1 is 0.639 bits per heavy atom. The SMILES string of the molecule is CC1=N[C@@]2(C(=O)N1CC(C)(C)F)c1cc(-c3cncnc3)ccc1CC21C[C@@H](C)C(O)[C@@H](C)C1.CC1=N[C@@]2(C(=O)N1CC(C)(C)F)c1cc(Br)ccc1CC21C[C@@H](C)C(O)[C@@H](C)C1.OB(O)c1cncnc1. The largest absolute Gasteiger partial charge is 0.491 e. The van der Waals surface area contributed by atoms with Crippen LogP contribution in [0.15, 0.2) is 88.3 Å². The summed E-state index contributed by atoms with van der Waals surface area (Å²) in [6, 6.07) is 12.3. The van der Waals surface area contributed by atoms with Gasteiger partial charge in [0.15, 0.2) is 11.1 Å². The number of fused-ring (bicyclic) bond motifs is 6. The molecule has 2 aliphatic heterocycles. The van der Waals surface area contributed by atoms with Crippen molar-refractivity contribution in [1.29, 1.82) is 0 Å². The molecule has 2 amide bonds. The average Bonchev–Trinajstić information content (AvgIpc) is 3.91. The van der Waals surface area contributed by atoms with E-state index in [0.717, 1.165) is 57.1 Å². The second-order valence-corrected chi connectivity index (χ2v) is 23.8. The number of aliphatic hydroxyl groups is 2. The van der Waals surface area contributed by atoms with Crippen LogP contribution in [-0.4, -0.2) is 117 Å². The zero-order valence-electron chi connectivity index (χ0n) is 42.9. The molecule has 14 nitrogen and oxygen atoms in total. The molecule has 10 rings (SSSR count). The maximum Gasteiger partial charge on any atom is 0.491 e. The van der Waals surface area contributed by atoms with Gasteiger partial charge in [0, 0.05) is 51.1 Å². The molecule has 4 aliphatic carbocycles. The molecule has 2 saturated carbocycles. The molecule has 384 valence electrons. The lowest BCUT2D eigenvalue weighted by Crippen LogP contribution is -2.55. The van der Waals surface area contributed by atoms with Crippen LogP contribution in [0.4, 0.5) is 8.78 Å². The normalized spacial score (nSPS) is 31.6. The zero-order chi connectivity index (χ0) is 52.5. The molecule has 0 saturated heterocycles. The van der Waals surface area contributed by atoms with E-state index in [-0.39, 0.29) is 54.7 Å². The predicted molar refractivity (Wildman–Crippen MR) is 276 cm³/mol. The summed E-state index contributed by atoms with van der Waals surface area (Å²) in [5, 5.41) is 38.4. The van der Waals surface area contributed by atoms with Crippen molar-refractivity contribution in [3.05, 3.63) is 101 Å². The number of nitrogens with zero attached hydrogens (tertiary/aromatic N) is 8. The summed E-state index contributed by atoms with van der Waals surface area (Å²) >= 11 is 3.57. The first kappa shape index (κ1) is 53.4. The van der Waals surface area contributed by atoms with Gasteiger partial charge >= 0.3 is 7.12 Å². The first-order valence-electron chi connectivity index (χ1n) is 25.0. The number of halogens is 3. The third-order valence-electron chi connectivity index (χ3n) is 16.1. The lowest BCUT2D eigenvalue weighted by molar-refractivity contribution is -0.142. The van der Waals surface area contributed by atoms with Crippen molar-refractivity contribution < 1.29 is 38.6 Å². The van der Waals surface area contributed by atoms with E-state index in [9.17, 15) is 28.6 Å². The van der Waals surface area contributed by atoms with Crippen LogP contribution in [-0.2, 0) is 33.5 Å². The number of benzene rings is 2. The van der Waals surface area contributed by atoms with Crippen LogP contribution in [0.25, 0.3) is 11.1 Å². The van der Waals surface area contributed by atoms with Gasteiger partial charge in [-0.1, -0.05) is 61.8 Å². The fraction of sp³-hybridized carbons (Fsp3) is 0.556. The number of hydrogen-bond donors (Lipinski definition) is 4. The van der Waals surface area contributed by atoms with Gasteiger partial charge in [0.05, 0.1) is 25.3 Å². The summed E-state index contributed by atoms with van der Waals surface area (Å²) in [6.45, 7) is 17.8. The second-order valence-electron chi connectivity index (χ2n) is 22.9. The predicted octanol–water partition coefficient (Wildman–Crippen LogP) is 7.10. The summed E-state index contributed by atoms with van der Waals surface area (Å²) in [6.07, 6.45) is 12.5. The highest BCUT2D eigenvalue weighted by Crippen LogP contribution is 2.65. The molecule has 0 bridgehead atoms. The first-order chi connectivity index (χ1) is 33.7. The van der Waals surface area contributed by atoms with E-state index in [1.165, 1.54) is 62.5 Å². The van der Waals surface area contributed by atoms with Gasteiger partial charge in [-0.05, 0) is 150 Å². The molecule has 4 heterocycles. The fourth-order valence-electron chi connectivity index (χ4n) is 13.4. The number of amides is 2. The Morgan fingerprint density at radius 2 is 1.03 bits per heavy atom. The number of hydrogen-bond acceptors (Lipinski definition) is 12. The monoisotopic (exact) mass is 1050 g/mol. The molecule has 4 aromatic rings. The minimum Gasteiger partial charge on any atom is -0.423 e. The maximum absolute atomic E-state index is 14.8. The van der Waals surface area contributed by atoms with Crippen molar-refractivity contribution in [2.45, 2.75) is 142 Å². The first-order valence-corrected chi connectivity index (χ1v) is 25.8. The van der Waals surface area contributed by atoms with Crippen LogP contribution < -0.4 is 5.46 Å². The van der Waals surface area contributed by atoms with Crippen molar-refractivity contribution in [2.24, 2.45) is 44.5 Å². The van der Waals surface area contributed by atoms with Crippen LogP contribution in [0.2, 0.25) is 0 Å². The molecule has 72 heavy (non-hydrogen) atoms. The van der Waals surface area contributed by atoms with E-state index in [0.29, 0.717) is 36.4 Å².